The minimum atomic E-state index is 0.454. The van der Waals surface area contributed by atoms with Gasteiger partial charge < -0.3 is 4.74 Å². The van der Waals surface area contributed by atoms with Gasteiger partial charge in [-0.3, -0.25) is 0 Å². The molecule has 0 aliphatic rings. The zero-order valence-electron chi connectivity index (χ0n) is 7.59. The molecular weight excluding hydrogens is 219 g/mol. The molecule has 1 aromatic carbocycles. The Morgan fingerprint density at radius 1 is 1.36 bits per heavy atom. The maximum absolute atomic E-state index is 5.91. The summed E-state index contributed by atoms with van der Waals surface area (Å²) in [5.74, 6) is 3.15. The Kier molecular flexibility index (Phi) is 4.65. The molecule has 0 saturated heterocycles. The van der Waals surface area contributed by atoms with E-state index < -0.39 is 0 Å². The second kappa shape index (κ2) is 5.80. The lowest BCUT2D eigenvalue weighted by Gasteiger charge is -2.07. The molecule has 3 heteroatoms. The van der Waals surface area contributed by atoms with Gasteiger partial charge in [-0.2, -0.15) is 0 Å². The summed E-state index contributed by atoms with van der Waals surface area (Å²) in [5, 5.41) is 0.955. The second-order valence-electron chi connectivity index (χ2n) is 2.71. The number of rotatable bonds is 4. The first-order valence-electron chi connectivity index (χ1n) is 4.26. The topological polar surface area (TPSA) is 9.23 Å². The highest BCUT2D eigenvalue weighted by atomic mass is 35.5. The normalized spacial score (nSPS) is 9.50. The Morgan fingerprint density at radius 3 is 2.86 bits per heavy atom. The van der Waals surface area contributed by atoms with E-state index >= 15 is 0 Å². The Morgan fingerprint density at radius 2 is 2.14 bits per heavy atom. The molecule has 0 heterocycles. The van der Waals surface area contributed by atoms with Crippen LogP contribution in [-0.4, -0.2) is 6.61 Å². The van der Waals surface area contributed by atoms with Crippen molar-refractivity contribution in [1.82, 2.24) is 0 Å². The standard InChI is InChI=1S/C11H10Cl2O/c1-2-3-4-8-14-10-7-5-6-9(12)11(10)13/h1,5-7H,3-4,8H2. The highest BCUT2D eigenvalue weighted by Gasteiger charge is 2.04. The molecule has 74 valence electrons. The van der Waals surface area contributed by atoms with Crippen molar-refractivity contribution in [3.63, 3.8) is 0 Å². The van der Waals surface area contributed by atoms with Crippen molar-refractivity contribution in [2.75, 3.05) is 6.61 Å². The molecule has 0 atom stereocenters. The van der Waals surface area contributed by atoms with Gasteiger partial charge in [0.15, 0.2) is 0 Å². The molecule has 0 fully saturated rings. The lowest BCUT2D eigenvalue weighted by atomic mass is 10.3. The fourth-order valence-corrected chi connectivity index (χ4v) is 1.30. The van der Waals surface area contributed by atoms with Crippen molar-refractivity contribution in [2.45, 2.75) is 12.8 Å². The van der Waals surface area contributed by atoms with Crippen LogP contribution in [-0.2, 0) is 0 Å². The van der Waals surface area contributed by atoms with Gasteiger partial charge in [0.2, 0.25) is 0 Å². The lowest BCUT2D eigenvalue weighted by molar-refractivity contribution is 0.313. The summed E-state index contributed by atoms with van der Waals surface area (Å²) in [4.78, 5) is 0. The van der Waals surface area contributed by atoms with Crippen molar-refractivity contribution in [1.29, 1.82) is 0 Å². The van der Waals surface area contributed by atoms with Crippen LogP contribution >= 0.6 is 23.2 Å². The van der Waals surface area contributed by atoms with Crippen molar-refractivity contribution in [2.24, 2.45) is 0 Å². The van der Waals surface area contributed by atoms with Gasteiger partial charge in [0.1, 0.15) is 10.8 Å². The molecule has 0 spiro atoms. The van der Waals surface area contributed by atoms with Crippen LogP contribution in [0, 0.1) is 12.3 Å². The molecule has 0 N–H and O–H groups in total. The van der Waals surface area contributed by atoms with Crippen molar-refractivity contribution in [3.05, 3.63) is 28.2 Å². The molecule has 0 bridgehead atoms. The number of terminal acetylenes is 1. The first-order chi connectivity index (χ1) is 6.75. The highest BCUT2D eigenvalue weighted by Crippen LogP contribution is 2.31. The van der Waals surface area contributed by atoms with Gasteiger partial charge >= 0.3 is 0 Å². The molecular formula is C11H10Cl2O. The summed E-state index contributed by atoms with van der Waals surface area (Å²) in [7, 11) is 0. The summed E-state index contributed by atoms with van der Waals surface area (Å²) in [6, 6.07) is 5.30. The van der Waals surface area contributed by atoms with Crippen LogP contribution in [0.2, 0.25) is 10.0 Å². The van der Waals surface area contributed by atoms with E-state index in [-0.39, 0.29) is 0 Å². The molecule has 0 aliphatic heterocycles. The zero-order valence-corrected chi connectivity index (χ0v) is 9.11. The van der Waals surface area contributed by atoms with Crippen LogP contribution in [0.5, 0.6) is 5.75 Å². The monoisotopic (exact) mass is 228 g/mol. The Bertz CT molecular complexity index is 342. The van der Waals surface area contributed by atoms with Gasteiger partial charge in [-0.05, 0) is 18.6 Å². The van der Waals surface area contributed by atoms with Crippen LogP contribution in [0.25, 0.3) is 0 Å². The summed E-state index contributed by atoms with van der Waals surface area (Å²) in [5.41, 5.74) is 0. The summed E-state index contributed by atoms with van der Waals surface area (Å²) in [6.45, 7) is 0.560. The van der Waals surface area contributed by atoms with E-state index in [1.54, 1.807) is 18.2 Å². The quantitative estimate of drug-likeness (QED) is 0.563. The van der Waals surface area contributed by atoms with E-state index in [4.69, 9.17) is 34.4 Å². The van der Waals surface area contributed by atoms with E-state index in [1.807, 2.05) is 0 Å². The molecule has 0 aliphatic carbocycles. The molecule has 1 rings (SSSR count). The maximum Gasteiger partial charge on any atom is 0.139 e. The number of ether oxygens (including phenoxy) is 1. The molecule has 0 radical (unpaired) electrons. The molecule has 0 saturated carbocycles. The van der Waals surface area contributed by atoms with Crippen molar-refractivity contribution in [3.8, 4) is 18.1 Å². The minimum Gasteiger partial charge on any atom is -0.492 e. The average Bonchev–Trinajstić information content (AvgIpc) is 2.19. The number of hydrogen-bond donors (Lipinski definition) is 0. The molecule has 14 heavy (non-hydrogen) atoms. The third-order valence-corrected chi connectivity index (χ3v) is 2.44. The molecule has 1 nitrogen and oxygen atoms in total. The first-order valence-corrected chi connectivity index (χ1v) is 5.01. The van der Waals surface area contributed by atoms with E-state index in [1.165, 1.54) is 0 Å². The van der Waals surface area contributed by atoms with Gasteiger partial charge in [-0.15, -0.1) is 12.3 Å². The minimum absolute atomic E-state index is 0.454. The summed E-state index contributed by atoms with van der Waals surface area (Å²) >= 11 is 11.7. The highest BCUT2D eigenvalue weighted by molar-refractivity contribution is 6.42. The predicted octanol–water partition coefficient (Wildman–Crippen LogP) is 3.79. The first kappa shape index (κ1) is 11.2. The van der Waals surface area contributed by atoms with Gasteiger partial charge in [0.25, 0.3) is 0 Å². The van der Waals surface area contributed by atoms with E-state index in [2.05, 4.69) is 5.92 Å². The van der Waals surface area contributed by atoms with E-state index in [0.29, 0.717) is 28.8 Å². The second-order valence-corrected chi connectivity index (χ2v) is 3.49. The number of benzene rings is 1. The van der Waals surface area contributed by atoms with Crippen LogP contribution in [0.15, 0.2) is 18.2 Å². The number of unbranched alkanes of at least 4 members (excludes halogenated alkanes) is 1. The molecule has 0 aromatic heterocycles. The van der Waals surface area contributed by atoms with Crippen LogP contribution in [0.1, 0.15) is 12.8 Å². The largest absolute Gasteiger partial charge is 0.492 e. The van der Waals surface area contributed by atoms with Crippen molar-refractivity contribution < 1.29 is 4.74 Å². The van der Waals surface area contributed by atoms with E-state index in [9.17, 15) is 0 Å². The third-order valence-electron chi connectivity index (χ3n) is 1.64. The SMILES string of the molecule is C#CCCCOc1cccc(Cl)c1Cl. The summed E-state index contributed by atoms with van der Waals surface area (Å²) < 4.78 is 5.41. The summed E-state index contributed by atoms with van der Waals surface area (Å²) in [6.07, 6.45) is 6.63. The zero-order chi connectivity index (χ0) is 10.4. The number of hydrogen-bond acceptors (Lipinski definition) is 1. The molecule has 0 unspecified atom stereocenters. The lowest BCUT2D eigenvalue weighted by Crippen LogP contribution is -1.97. The maximum atomic E-state index is 5.91. The average molecular weight is 229 g/mol. The molecule has 0 amide bonds. The Hall–Kier alpha value is -0.840. The fraction of sp³-hybridized carbons (Fsp3) is 0.273. The molecule has 1 aromatic rings. The van der Waals surface area contributed by atoms with Crippen molar-refractivity contribution >= 4 is 23.2 Å². The fourth-order valence-electron chi connectivity index (χ4n) is 0.952. The number of halogens is 2. The Balaban J connectivity index is 2.51. The van der Waals surface area contributed by atoms with Gasteiger partial charge in [-0.1, -0.05) is 29.3 Å². The smallest absolute Gasteiger partial charge is 0.139 e. The Labute approximate surface area is 94.0 Å². The van der Waals surface area contributed by atoms with Crippen LogP contribution < -0.4 is 4.74 Å². The van der Waals surface area contributed by atoms with E-state index in [0.717, 1.165) is 6.42 Å². The van der Waals surface area contributed by atoms with Gasteiger partial charge in [-0.25, -0.2) is 0 Å². The predicted molar refractivity (Wildman–Crippen MR) is 60.0 cm³/mol. The van der Waals surface area contributed by atoms with Crippen LogP contribution in [0.4, 0.5) is 0 Å². The van der Waals surface area contributed by atoms with Gasteiger partial charge in [0, 0.05) is 6.42 Å². The van der Waals surface area contributed by atoms with Crippen LogP contribution in [0.3, 0.4) is 0 Å². The van der Waals surface area contributed by atoms with Gasteiger partial charge in [0.05, 0.1) is 11.6 Å². The third kappa shape index (κ3) is 3.14.